The van der Waals surface area contributed by atoms with Gasteiger partial charge in [0.25, 0.3) is 0 Å². The first-order valence-corrected chi connectivity index (χ1v) is 5.75. The van der Waals surface area contributed by atoms with E-state index < -0.39 is 0 Å². The van der Waals surface area contributed by atoms with Crippen LogP contribution in [0.15, 0.2) is 48.5 Å². The maximum atomic E-state index is 5.61. The zero-order valence-electron chi connectivity index (χ0n) is 9.15. The fourth-order valence-corrected chi connectivity index (χ4v) is 2.17. The molecule has 1 heterocycles. The van der Waals surface area contributed by atoms with Crippen molar-refractivity contribution in [3.8, 4) is 16.9 Å². The van der Waals surface area contributed by atoms with E-state index in [-0.39, 0.29) is 0 Å². The molecule has 0 radical (unpaired) electrons. The first kappa shape index (κ1) is 9.46. The van der Waals surface area contributed by atoms with Crippen molar-refractivity contribution in [2.45, 2.75) is 12.8 Å². The standard InChI is InChI=1S/C15H14O/c1-2-5-12(6-3-1)13-8-9-15-14(11-13)7-4-10-16-15/h1-3,5-6,8-9,11H,4,7,10H2. The molecule has 1 aliphatic heterocycles. The lowest BCUT2D eigenvalue weighted by Gasteiger charge is -2.17. The van der Waals surface area contributed by atoms with Gasteiger partial charge in [0.2, 0.25) is 0 Å². The summed E-state index contributed by atoms with van der Waals surface area (Å²) in [7, 11) is 0. The molecule has 2 aromatic rings. The third-order valence-electron chi connectivity index (χ3n) is 3.02. The van der Waals surface area contributed by atoms with Crippen LogP contribution >= 0.6 is 0 Å². The smallest absolute Gasteiger partial charge is 0.122 e. The van der Waals surface area contributed by atoms with E-state index in [0.717, 1.165) is 25.2 Å². The molecule has 0 aliphatic carbocycles. The molecule has 0 saturated carbocycles. The fourth-order valence-electron chi connectivity index (χ4n) is 2.17. The summed E-state index contributed by atoms with van der Waals surface area (Å²) >= 11 is 0. The highest BCUT2D eigenvalue weighted by Crippen LogP contribution is 2.29. The summed E-state index contributed by atoms with van der Waals surface area (Å²) in [4.78, 5) is 0. The van der Waals surface area contributed by atoms with Crippen LogP contribution in [0.3, 0.4) is 0 Å². The molecule has 80 valence electrons. The van der Waals surface area contributed by atoms with E-state index in [4.69, 9.17) is 4.74 Å². The van der Waals surface area contributed by atoms with Crippen molar-refractivity contribution in [3.63, 3.8) is 0 Å². The maximum absolute atomic E-state index is 5.61. The van der Waals surface area contributed by atoms with E-state index in [9.17, 15) is 0 Å². The van der Waals surface area contributed by atoms with Gasteiger partial charge in [-0.05, 0) is 41.7 Å². The summed E-state index contributed by atoms with van der Waals surface area (Å²) in [6.07, 6.45) is 2.27. The van der Waals surface area contributed by atoms with Crippen LogP contribution in [0.4, 0.5) is 0 Å². The minimum atomic E-state index is 0.859. The van der Waals surface area contributed by atoms with Gasteiger partial charge in [-0.3, -0.25) is 0 Å². The van der Waals surface area contributed by atoms with Crippen molar-refractivity contribution < 1.29 is 4.74 Å². The highest BCUT2D eigenvalue weighted by Gasteiger charge is 2.10. The number of fused-ring (bicyclic) bond motifs is 1. The molecule has 1 aliphatic rings. The molecule has 1 heteroatoms. The highest BCUT2D eigenvalue weighted by atomic mass is 16.5. The summed E-state index contributed by atoms with van der Waals surface area (Å²) < 4.78 is 5.61. The third kappa shape index (κ3) is 1.69. The molecule has 0 bridgehead atoms. The van der Waals surface area contributed by atoms with Crippen LogP contribution in [0.2, 0.25) is 0 Å². The molecule has 0 atom stereocenters. The zero-order chi connectivity index (χ0) is 10.8. The van der Waals surface area contributed by atoms with Crippen molar-refractivity contribution in [2.75, 3.05) is 6.61 Å². The summed E-state index contributed by atoms with van der Waals surface area (Å²) in [6, 6.07) is 17.0. The van der Waals surface area contributed by atoms with Crippen LogP contribution in [-0.4, -0.2) is 6.61 Å². The molecule has 0 fully saturated rings. The van der Waals surface area contributed by atoms with Gasteiger partial charge in [0.05, 0.1) is 6.61 Å². The number of hydrogen-bond donors (Lipinski definition) is 0. The number of hydrogen-bond acceptors (Lipinski definition) is 1. The van der Waals surface area contributed by atoms with E-state index in [1.165, 1.54) is 16.7 Å². The number of aryl methyl sites for hydroxylation is 1. The fraction of sp³-hybridized carbons (Fsp3) is 0.200. The van der Waals surface area contributed by atoms with Crippen molar-refractivity contribution in [2.24, 2.45) is 0 Å². The Morgan fingerprint density at radius 2 is 1.75 bits per heavy atom. The number of benzene rings is 2. The Bertz CT molecular complexity index is 488. The first-order chi connectivity index (χ1) is 7.93. The van der Waals surface area contributed by atoms with Gasteiger partial charge in [0.15, 0.2) is 0 Å². The Kier molecular flexibility index (Phi) is 2.37. The number of rotatable bonds is 1. The van der Waals surface area contributed by atoms with E-state index in [1.54, 1.807) is 0 Å². The second-order valence-corrected chi connectivity index (χ2v) is 4.14. The van der Waals surface area contributed by atoms with E-state index >= 15 is 0 Å². The van der Waals surface area contributed by atoms with Crippen molar-refractivity contribution >= 4 is 0 Å². The average molecular weight is 210 g/mol. The Morgan fingerprint density at radius 1 is 0.875 bits per heavy atom. The summed E-state index contributed by atoms with van der Waals surface area (Å²) in [6.45, 7) is 0.859. The third-order valence-corrected chi connectivity index (χ3v) is 3.02. The van der Waals surface area contributed by atoms with Crippen molar-refractivity contribution in [1.29, 1.82) is 0 Å². The van der Waals surface area contributed by atoms with Gasteiger partial charge < -0.3 is 4.74 Å². The molecule has 0 saturated heterocycles. The summed E-state index contributed by atoms with van der Waals surface area (Å²) in [5.41, 5.74) is 3.90. The molecule has 2 aromatic carbocycles. The van der Waals surface area contributed by atoms with Crippen molar-refractivity contribution in [3.05, 3.63) is 54.1 Å². The van der Waals surface area contributed by atoms with Crippen LogP contribution in [0, 0.1) is 0 Å². The van der Waals surface area contributed by atoms with Crippen LogP contribution in [0.5, 0.6) is 5.75 Å². The zero-order valence-corrected chi connectivity index (χ0v) is 9.15. The van der Waals surface area contributed by atoms with Crippen LogP contribution in [-0.2, 0) is 6.42 Å². The Balaban J connectivity index is 2.03. The Hall–Kier alpha value is -1.76. The molecule has 0 N–H and O–H groups in total. The molecular weight excluding hydrogens is 196 g/mol. The second-order valence-electron chi connectivity index (χ2n) is 4.14. The SMILES string of the molecule is c1ccc(-c2ccc3c(c2)CCCO3)cc1. The summed E-state index contributed by atoms with van der Waals surface area (Å²) in [5, 5.41) is 0. The van der Waals surface area contributed by atoms with Gasteiger partial charge in [-0.2, -0.15) is 0 Å². The molecule has 1 nitrogen and oxygen atoms in total. The molecule has 0 spiro atoms. The summed E-state index contributed by atoms with van der Waals surface area (Å²) in [5.74, 6) is 1.06. The first-order valence-electron chi connectivity index (χ1n) is 5.75. The second kappa shape index (κ2) is 4.01. The van der Waals surface area contributed by atoms with Gasteiger partial charge in [-0.25, -0.2) is 0 Å². The predicted octanol–water partition coefficient (Wildman–Crippen LogP) is 3.68. The average Bonchev–Trinajstić information content (AvgIpc) is 2.39. The normalized spacial score (nSPS) is 14.0. The van der Waals surface area contributed by atoms with Gasteiger partial charge >= 0.3 is 0 Å². The largest absolute Gasteiger partial charge is 0.493 e. The van der Waals surface area contributed by atoms with Crippen LogP contribution in [0.25, 0.3) is 11.1 Å². The minimum absolute atomic E-state index is 0.859. The lowest BCUT2D eigenvalue weighted by atomic mass is 9.99. The highest BCUT2D eigenvalue weighted by molar-refractivity contribution is 5.65. The van der Waals surface area contributed by atoms with E-state index in [2.05, 4.69) is 42.5 Å². The topological polar surface area (TPSA) is 9.23 Å². The quantitative estimate of drug-likeness (QED) is 0.697. The maximum Gasteiger partial charge on any atom is 0.122 e. The molecule has 0 unspecified atom stereocenters. The number of ether oxygens (including phenoxy) is 1. The van der Waals surface area contributed by atoms with Gasteiger partial charge in [-0.1, -0.05) is 36.4 Å². The van der Waals surface area contributed by atoms with Crippen molar-refractivity contribution in [1.82, 2.24) is 0 Å². The lowest BCUT2D eigenvalue weighted by Crippen LogP contribution is -2.07. The monoisotopic (exact) mass is 210 g/mol. The van der Waals surface area contributed by atoms with Gasteiger partial charge in [0, 0.05) is 0 Å². The van der Waals surface area contributed by atoms with Crippen LogP contribution < -0.4 is 4.74 Å². The van der Waals surface area contributed by atoms with E-state index in [1.807, 2.05) is 6.07 Å². The molecular formula is C15H14O. The molecule has 16 heavy (non-hydrogen) atoms. The lowest BCUT2D eigenvalue weighted by molar-refractivity contribution is 0.288. The van der Waals surface area contributed by atoms with Gasteiger partial charge in [-0.15, -0.1) is 0 Å². The minimum Gasteiger partial charge on any atom is -0.493 e. The Morgan fingerprint density at radius 3 is 2.62 bits per heavy atom. The molecule has 3 rings (SSSR count). The predicted molar refractivity (Wildman–Crippen MR) is 65.7 cm³/mol. The van der Waals surface area contributed by atoms with E-state index in [0.29, 0.717) is 0 Å². The van der Waals surface area contributed by atoms with Crippen LogP contribution in [0.1, 0.15) is 12.0 Å². The molecule has 0 amide bonds. The Labute approximate surface area is 95.7 Å². The molecule has 0 aromatic heterocycles. The van der Waals surface area contributed by atoms with Gasteiger partial charge in [0.1, 0.15) is 5.75 Å².